The van der Waals surface area contributed by atoms with Gasteiger partial charge in [0.2, 0.25) is 5.82 Å². The van der Waals surface area contributed by atoms with Crippen molar-refractivity contribution in [2.75, 3.05) is 0 Å². The first-order chi connectivity index (χ1) is 10.7. The molecule has 0 aliphatic rings. The van der Waals surface area contributed by atoms with Gasteiger partial charge in [-0.25, -0.2) is 4.79 Å². The third kappa shape index (κ3) is 3.20. The lowest BCUT2D eigenvalue weighted by molar-refractivity contribution is 0.0429. The predicted molar refractivity (Wildman–Crippen MR) is 80.0 cm³/mol. The van der Waals surface area contributed by atoms with E-state index in [9.17, 15) is 4.79 Å². The van der Waals surface area contributed by atoms with Crippen molar-refractivity contribution in [1.29, 1.82) is 0 Å². The second kappa shape index (κ2) is 6.22. The van der Waals surface area contributed by atoms with Crippen LogP contribution in [0.1, 0.15) is 21.8 Å². The highest BCUT2D eigenvalue weighted by molar-refractivity contribution is 5.89. The van der Waals surface area contributed by atoms with Crippen molar-refractivity contribution in [1.82, 2.24) is 10.1 Å². The van der Waals surface area contributed by atoms with Crippen LogP contribution in [-0.2, 0) is 11.3 Å². The Labute approximate surface area is 127 Å². The van der Waals surface area contributed by atoms with Crippen LogP contribution < -0.4 is 0 Å². The minimum Gasteiger partial charge on any atom is -0.452 e. The minimum absolute atomic E-state index is 0.0490. The predicted octanol–water partition coefficient (Wildman–Crippen LogP) is 3.40. The number of hydrogen-bond acceptors (Lipinski definition) is 5. The summed E-state index contributed by atoms with van der Waals surface area (Å²) in [5.74, 6) is 0.324. The number of benzene rings is 2. The molecule has 0 bridgehead atoms. The van der Waals surface area contributed by atoms with Gasteiger partial charge in [-0.2, -0.15) is 4.98 Å². The number of aryl methyl sites for hydroxylation is 1. The van der Waals surface area contributed by atoms with Gasteiger partial charge in [-0.1, -0.05) is 53.2 Å². The van der Waals surface area contributed by atoms with E-state index in [0.29, 0.717) is 11.4 Å². The molecule has 0 atom stereocenters. The Bertz CT molecular complexity index is 781. The molecule has 1 aromatic heterocycles. The number of nitrogens with zero attached hydrogens (tertiary/aromatic N) is 2. The lowest BCUT2D eigenvalue weighted by Gasteiger charge is -2.02. The lowest BCUT2D eigenvalue weighted by atomic mass is 10.1. The molecule has 22 heavy (non-hydrogen) atoms. The number of hydrogen-bond donors (Lipinski definition) is 0. The Morgan fingerprint density at radius 3 is 2.73 bits per heavy atom. The van der Waals surface area contributed by atoms with Crippen molar-refractivity contribution in [2.24, 2.45) is 0 Å². The molecule has 0 amide bonds. The first kappa shape index (κ1) is 14.0. The summed E-state index contributed by atoms with van der Waals surface area (Å²) in [6, 6.07) is 16.7. The van der Waals surface area contributed by atoms with E-state index in [2.05, 4.69) is 10.1 Å². The van der Waals surface area contributed by atoms with Crippen LogP contribution in [0, 0.1) is 6.92 Å². The molecule has 0 saturated carbocycles. The molecule has 5 heteroatoms. The second-order valence-electron chi connectivity index (χ2n) is 4.82. The van der Waals surface area contributed by atoms with E-state index >= 15 is 0 Å². The van der Waals surface area contributed by atoms with Crippen LogP contribution in [0.25, 0.3) is 11.4 Å². The van der Waals surface area contributed by atoms with Gasteiger partial charge in [0.15, 0.2) is 6.61 Å². The third-order valence-corrected chi connectivity index (χ3v) is 3.08. The first-order valence-corrected chi connectivity index (χ1v) is 6.84. The largest absolute Gasteiger partial charge is 0.452 e. The maximum Gasteiger partial charge on any atom is 0.338 e. The van der Waals surface area contributed by atoms with E-state index in [1.54, 1.807) is 12.1 Å². The van der Waals surface area contributed by atoms with Crippen molar-refractivity contribution in [2.45, 2.75) is 13.5 Å². The summed E-state index contributed by atoms with van der Waals surface area (Å²) in [5.41, 5.74) is 2.35. The van der Waals surface area contributed by atoms with Crippen molar-refractivity contribution in [3.05, 3.63) is 71.6 Å². The molecule has 0 fully saturated rings. The molecule has 2 aromatic carbocycles. The number of carbonyl (C=O) groups excluding carboxylic acids is 1. The van der Waals surface area contributed by atoms with Gasteiger partial charge in [-0.05, 0) is 19.1 Å². The highest BCUT2D eigenvalue weighted by Crippen LogP contribution is 2.15. The van der Waals surface area contributed by atoms with Gasteiger partial charge in [-0.15, -0.1) is 0 Å². The van der Waals surface area contributed by atoms with Crippen molar-refractivity contribution < 1.29 is 14.1 Å². The fourth-order valence-corrected chi connectivity index (χ4v) is 2.00. The van der Waals surface area contributed by atoms with Crippen LogP contribution in [0.5, 0.6) is 0 Å². The molecule has 0 spiro atoms. The molecule has 110 valence electrons. The smallest absolute Gasteiger partial charge is 0.338 e. The van der Waals surface area contributed by atoms with Crippen LogP contribution in [0.3, 0.4) is 0 Å². The Morgan fingerprint density at radius 2 is 1.95 bits per heavy atom. The lowest BCUT2D eigenvalue weighted by Crippen LogP contribution is -2.05. The van der Waals surface area contributed by atoms with E-state index in [1.807, 2.05) is 49.4 Å². The maximum absolute atomic E-state index is 11.9. The van der Waals surface area contributed by atoms with Gasteiger partial charge < -0.3 is 9.26 Å². The summed E-state index contributed by atoms with van der Waals surface area (Å²) in [6.07, 6.45) is 0. The average Bonchev–Trinajstić information content (AvgIpc) is 3.02. The van der Waals surface area contributed by atoms with Crippen molar-refractivity contribution >= 4 is 5.97 Å². The Hall–Kier alpha value is -2.95. The van der Waals surface area contributed by atoms with E-state index in [-0.39, 0.29) is 12.5 Å². The molecular formula is C17H14N2O3. The molecule has 3 aromatic rings. The van der Waals surface area contributed by atoms with Gasteiger partial charge in [0, 0.05) is 5.56 Å². The zero-order valence-electron chi connectivity index (χ0n) is 12.0. The highest BCUT2D eigenvalue weighted by Gasteiger charge is 2.12. The number of carbonyl (C=O) groups is 1. The fourth-order valence-electron chi connectivity index (χ4n) is 2.00. The third-order valence-electron chi connectivity index (χ3n) is 3.08. The molecule has 0 radical (unpaired) electrons. The summed E-state index contributed by atoms with van der Waals surface area (Å²) in [6.45, 7) is 1.87. The van der Waals surface area contributed by atoms with Crippen LogP contribution >= 0.6 is 0 Å². The summed E-state index contributed by atoms with van der Waals surface area (Å²) in [4.78, 5) is 16.1. The van der Waals surface area contributed by atoms with Gasteiger partial charge in [0.1, 0.15) is 0 Å². The summed E-state index contributed by atoms with van der Waals surface area (Å²) in [7, 11) is 0. The normalized spacial score (nSPS) is 10.4. The van der Waals surface area contributed by atoms with E-state index in [0.717, 1.165) is 11.1 Å². The SMILES string of the molecule is Cc1cccc(C(=O)OCc2nc(-c3ccccc3)no2)c1. The average molecular weight is 294 g/mol. The Balaban J connectivity index is 1.65. The maximum atomic E-state index is 11.9. The molecule has 5 nitrogen and oxygen atoms in total. The molecule has 0 unspecified atom stereocenters. The molecule has 0 saturated heterocycles. The van der Waals surface area contributed by atoms with E-state index in [1.165, 1.54) is 0 Å². The topological polar surface area (TPSA) is 65.2 Å². The molecule has 0 aliphatic carbocycles. The number of esters is 1. The molecular weight excluding hydrogens is 280 g/mol. The van der Waals surface area contributed by atoms with Crippen LogP contribution in [0.15, 0.2) is 59.1 Å². The van der Waals surface area contributed by atoms with Crippen molar-refractivity contribution in [3.8, 4) is 11.4 Å². The zero-order valence-corrected chi connectivity index (χ0v) is 12.0. The second-order valence-corrected chi connectivity index (χ2v) is 4.82. The Kier molecular flexibility index (Phi) is 3.96. The molecule has 3 rings (SSSR count). The first-order valence-electron chi connectivity index (χ1n) is 6.84. The quantitative estimate of drug-likeness (QED) is 0.690. The molecule has 0 aliphatic heterocycles. The van der Waals surface area contributed by atoms with Crippen LogP contribution in [0.4, 0.5) is 0 Å². The summed E-state index contributed by atoms with van der Waals surface area (Å²) in [5, 5.41) is 3.87. The van der Waals surface area contributed by atoms with E-state index in [4.69, 9.17) is 9.26 Å². The van der Waals surface area contributed by atoms with Crippen molar-refractivity contribution in [3.63, 3.8) is 0 Å². The van der Waals surface area contributed by atoms with Crippen LogP contribution in [-0.4, -0.2) is 16.1 Å². The number of rotatable bonds is 4. The fraction of sp³-hybridized carbons (Fsp3) is 0.118. The standard InChI is InChI=1S/C17H14N2O3/c1-12-6-5-9-14(10-12)17(20)21-11-15-18-16(19-22-15)13-7-3-2-4-8-13/h2-10H,11H2,1H3. The molecule has 0 N–H and O–H groups in total. The minimum atomic E-state index is -0.414. The molecule has 1 heterocycles. The van der Waals surface area contributed by atoms with Gasteiger partial charge in [-0.3, -0.25) is 0 Å². The van der Waals surface area contributed by atoms with Gasteiger partial charge >= 0.3 is 5.97 Å². The highest BCUT2D eigenvalue weighted by atomic mass is 16.6. The monoisotopic (exact) mass is 294 g/mol. The Morgan fingerprint density at radius 1 is 1.14 bits per heavy atom. The number of aromatic nitrogens is 2. The summed E-state index contributed by atoms with van der Waals surface area (Å²) >= 11 is 0. The van der Waals surface area contributed by atoms with E-state index < -0.39 is 5.97 Å². The number of ether oxygens (including phenoxy) is 1. The zero-order chi connectivity index (χ0) is 15.4. The van der Waals surface area contributed by atoms with Gasteiger partial charge in [0.05, 0.1) is 5.56 Å². The summed E-state index contributed by atoms with van der Waals surface area (Å²) < 4.78 is 10.3. The van der Waals surface area contributed by atoms with Gasteiger partial charge in [0.25, 0.3) is 5.89 Å². The van der Waals surface area contributed by atoms with Crippen LogP contribution in [0.2, 0.25) is 0 Å².